The molecule has 4 aromatic rings. The van der Waals surface area contributed by atoms with Crippen LogP contribution < -0.4 is 4.74 Å². The van der Waals surface area contributed by atoms with Crippen LogP contribution in [0.1, 0.15) is 18.1 Å². The first-order chi connectivity index (χ1) is 13.3. The number of hydrogen-bond acceptors (Lipinski definition) is 2. The lowest BCUT2D eigenvalue weighted by Crippen LogP contribution is -1.95. The maximum Gasteiger partial charge on any atom is 0.119 e. The van der Waals surface area contributed by atoms with Crippen LogP contribution in [0.15, 0.2) is 91.1 Å². The maximum absolute atomic E-state index is 5.89. The van der Waals surface area contributed by atoms with Crippen LogP contribution in [0.5, 0.6) is 5.75 Å². The minimum absolute atomic E-state index is 0.572. The zero-order chi connectivity index (χ0) is 18.5. The second-order valence-corrected chi connectivity index (χ2v) is 6.44. The first-order valence-electron chi connectivity index (χ1n) is 9.24. The van der Waals surface area contributed by atoms with E-state index in [9.17, 15) is 0 Å². The number of rotatable bonds is 6. The molecule has 0 spiro atoms. The molecule has 0 radical (unpaired) electrons. The summed E-state index contributed by atoms with van der Waals surface area (Å²) in [5, 5.41) is 4.82. The lowest BCUT2D eigenvalue weighted by molar-refractivity contribution is 0.306. The van der Waals surface area contributed by atoms with Crippen molar-refractivity contribution in [1.29, 1.82) is 0 Å². The first-order valence-corrected chi connectivity index (χ1v) is 9.24. The third-order valence-corrected chi connectivity index (χ3v) is 4.57. The van der Waals surface area contributed by atoms with Crippen LogP contribution in [-0.2, 0) is 13.0 Å². The largest absolute Gasteiger partial charge is 0.489 e. The van der Waals surface area contributed by atoms with Crippen molar-refractivity contribution in [3.63, 3.8) is 0 Å². The normalized spacial score (nSPS) is 10.7. The highest BCUT2D eigenvalue weighted by atomic mass is 16.5. The predicted octanol–water partition coefficient (Wildman–Crippen LogP) is 5.68. The van der Waals surface area contributed by atoms with Gasteiger partial charge in [0.25, 0.3) is 0 Å². The third kappa shape index (κ3) is 3.93. The molecule has 4 rings (SSSR count). The summed E-state index contributed by atoms with van der Waals surface area (Å²) in [5.41, 5.74) is 5.60. The van der Waals surface area contributed by atoms with E-state index in [0.717, 1.165) is 34.7 Å². The number of nitrogens with zero attached hydrogens (tertiary/aromatic N) is 2. The molecule has 0 bridgehead atoms. The predicted molar refractivity (Wildman–Crippen MR) is 109 cm³/mol. The Kier molecular flexibility index (Phi) is 5.01. The van der Waals surface area contributed by atoms with Crippen molar-refractivity contribution >= 4 is 0 Å². The smallest absolute Gasteiger partial charge is 0.119 e. The highest BCUT2D eigenvalue weighted by Crippen LogP contribution is 2.26. The van der Waals surface area contributed by atoms with Gasteiger partial charge >= 0.3 is 0 Å². The van der Waals surface area contributed by atoms with Crippen molar-refractivity contribution < 1.29 is 4.74 Å². The Labute approximate surface area is 159 Å². The molecule has 0 aliphatic carbocycles. The average molecular weight is 354 g/mol. The Morgan fingerprint density at radius 1 is 0.815 bits per heavy atom. The van der Waals surface area contributed by atoms with Crippen LogP contribution in [0.3, 0.4) is 0 Å². The lowest BCUT2D eigenvalue weighted by atomic mass is 10.1. The molecule has 0 fully saturated rings. The quantitative estimate of drug-likeness (QED) is 0.445. The van der Waals surface area contributed by atoms with Crippen molar-refractivity contribution in [2.45, 2.75) is 20.0 Å². The van der Waals surface area contributed by atoms with Gasteiger partial charge in [0, 0.05) is 11.8 Å². The number of benzene rings is 3. The van der Waals surface area contributed by atoms with Gasteiger partial charge in [0.05, 0.1) is 11.4 Å². The number of para-hydroxylation sites is 1. The van der Waals surface area contributed by atoms with E-state index in [1.54, 1.807) is 0 Å². The highest BCUT2D eigenvalue weighted by Gasteiger charge is 2.11. The summed E-state index contributed by atoms with van der Waals surface area (Å²) in [6, 6.07) is 28.6. The number of aryl methyl sites for hydroxylation is 1. The maximum atomic E-state index is 5.89. The molecular formula is C24H22N2O. The summed E-state index contributed by atoms with van der Waals surface area (Å²) in [7, 11) is 0. The fraction of sp³-hybridized carbons (Fsp3) is 0.125. The van der Waals surface area contributed by atoms with E-state index >= 15 is 0 Å². The highest BCUT2D eigenvalue weighted by molar-refractivity contribution is 5.64. The Morgan fingerprint density at radius 2 is 1.48 bits per heavy atom. The standard InChI is InChI=1S/C24H22N2O/c1-2-20-17-26(22-11-7-4-8-12-22)25-24(20)21-13-15-23(16-14-21)27-18-19-9-5-3-6-10-19/h3-17H,2,18H2,1H3. The molecule has 27 heavy (non-hydrogen) atoms. The fourth-order valence-electron chi connectivity index (χ4n) is 3.07. The molecule has 0 aliphatic heterocycles. The summed E-state index contributed by atoms with van der Waals surface area (Å²) in [6.45, 7) is 2.73. The topological polar surface area (TPSA) is 27.1 Å². The van der Waals surface area contributed by atoms with Gasteiger partial charge in [-0.15, -0.1) is 0 Å². The Balaban J connectivity index is 1.54. The minimum Gasteiger partial charge on any atom is -0.489 e. The van der Waals surface area contributed by atoms with Gasteiger partial charge in [-0.3, -0.25) is 0 Å². The summed E-state index contributed by atoms with van der Waals surface area (Å²) in [6.07, 6.45) is 3.05. The van der Waals surface area contributed by atoms with E-state index in [1.807, 2.05) is 53.2 Å². The van der Waals surface area contributed by atoms with Gasteiger partial charge in [-0.25, -0.2) is 4.68 Å². The van der Waals surface area contributed by atoms with Gasteiger partial charge in [0.15, 0.2) is 0 Å². The van der Waals surface area contributed by atoms with E-state index < -0.39 is 0 Å². The van der Waals surface area contributed by atoms with Crippen molar-refractivity contribution in [2.24, 2.45) is 0 Å². The number of hydrogen-bond donors (Lipinski definition) is 0. The van der Waals surface area contributed by atoms with Gasteiger partial charge in [-0.1, -0.05) is 55.5 Å². The zero-order valence-electron chi connectivity index (χ0n) is 15.4. The molecule has 0 saturated carbocycles. The van der Waals surface area contributed by atoms with Crippen LogP contribution in [0.4, 0.5) is 0 Å². The fourth-order valence-corrected chi connectivity index (χ4v) is 3.07. The number of aromatic nitrogens is 2. The third-order valence-electron chi connectivity index (χ3n) is 4.57. The molecular weight excluding hydrogens is 332 g/mol. The van der Waals surface area contributed by atoms with Crippen LogP contribution in [0.25, 0.3) is 16.9 Å². The second kappa shape index (κ2) is 7.92. The lowest BCUT2D eigenvalue weighted by Gasteiger charge is -2.07. The van der Waals surface area contributed by atoms with E-state index in [0.29, 0.717) is 6.61 Å². The monoisotopic (exact) mass is 354 g/mol. The van der Waals surface area contributed by atoms with E-state index in [1.165, 1.54) is 5.56 Å². The summed E-state index contributed by atoms with van der Waals surface area (Å²) >= 11 is 0. The molecule has 1 aromatic heterocycles. The van der Waals surface area contributed by atoms with Crippen molar-refractivity contribution in [3.8, 4) is 22.7 Å². The molecule has 0 saturated heterocycles. The van der Waals surface area contributed by atoms with Gasteiger partial charge in [0.2, 0.25) is 0 Å². The van der Waals surface area contributed by atoms with Crippen molar-refractivity contribution in [2.75, 3.05) is 0 Å². The molecule has 0 atom stereocenters. The van der Waals surface area contributed by atoms with Crippen LogP contribution in [0.2, 0.25) is 0 Å². The van der Waals surface area contributed by atoms with E-state index in [2.05, 4.69) is 49.5 Å². The molecule has 0 N–H and O–H groups in total. The summed E-state index contributed by atoms with van der Waals surface area (Å²) < 4.78 is 7.84. The Bertz CT molecular complexity index is 990. The molecule has 3 heteroatoms. The van der Waals surface area contributed by atoms with Gasteiger partial charge in [-0.05, 0) is 53.9 Å². The molecule has 0 amide bonds. The summed E-state index contributed by atoms with van der Waals surface area (Å²) in [4.78, 5) is 0. The second-order valence-electron chi connectivity index (χ2n) is 6.44. The van der Waals surface area contributed by atoms with Crippen LogP contribution in [-0.4, -0.2) is 9.78 Å². The first kappa shape index (κ1) is 17.1. The molecule has 134 valence electrons. The van der Waals surface area contributed by atoms with E-state index in [-0.39, 0.29) is 0 Å². The van der Waals surface area contributed by atoms with Gasteiger partial charge in [-0.2, -0.15) is 5.10 Å². The average Bonchev–Trinajstić information content (AvgIpc) is 3.18. The van der Waals surface area contributed by atoms with Crippen molar-refractivity contribution in [1.82, 2.24) is 9.78 Å². The van der Waals surface area contributed by atoms with Crippen molar-refractivity contribution in [3.05, 3.63) is 102 Å². The molecule has 1 heterocycles. The minimum atomic E-state index is 0.572. The van der Waals surface area contributed by atoms with Gasteiger partial charge in [0.1, 0.15) is 12.4 Å². The number of ether oxygens (including phenoxy) is 1. The molecule has 0 aliphatic rings. The van der Waals surface area contributed by atoms with Crippen LogP contribution >= 0.6 is 0 Å². The molecule has 3 nitrogen and oxygen atoms in total. The molecule has 3 aromatic carbocycles. The van der Waals surface area contributed by atoms with E-state index in [4.69, 9.17) is 9.84 Å². The summed E-state index contributed by atoms with van der Waals surface area (Å²) in [5.74, 6) is 0.864. The Hall–Kier alpha value is -3.33. The SMILES string of the molecule is CCc1cn(-c2ccccc2)nc1-c1ccc(OCc2ccccc2)cc1. The zero-order valence-corrected chi connectivity index (χ0v) is 15.4. The Morgan fingerprint density at radius 3 is 2.15 bits per heavy atom. The van der Waals surface area contributed by atoms with Crippen LogP contribution in [0, 0.1) is 0 Å². The molecule has 0 unspecified atom stereocenters. The van der Waals surface area contributed by atoms with Gasteiger partial charge < -0.3 is 4.74 Å².